The summed E-state index contributed by atoms with van der Waals surface area (Å²) in [5, 5.41) is 13.5. The third kappa shape index (κ3) is 4.45. The van der Waals surface area contributed by atoms with Gasteiger partial charge in [-0.15, -0.1) is 0 Å². The van der Waals surface area contributed by atoms with Gasteiger partial charge in [0.1, 0.15) is 11.9 Å². The van der Waals surface area contributed by atoms with E-state index in [4.69, 9.17) is 14.5 Å². The molecule has 2 aliphatic rings. The quantitative estimate of drug-likeness (QED) is 0.452. The predicted octanol–water partition coefficient (Wildman–Crippen LogP) is 3.40. The molecule has 0 saturated carbocycles. The Balaban J connectivity index is 1.41. The summed E-state index contributed by atoms with van der Waals surface area (Å²) in [6.07, 6.45) is 4.63. The molecule has 0 aliphatic carbocycles. The largest absolute Gasteiger partial charge is 0.491 e. The number of aromatic amines is 2. The molecule has 9 nitrogen and oxygen atoms in total. The smallest absolute Gasteiger partial charge is 0.227 e. The van der Waals surface area contributed by atoms with E-state index in [9.17, 15) is 9.18 Å². The first kappa shape index (κ1) is 21.8. The summed E-state index contributed by atoms with van der Waals surface area (Å²) in [5.41, 5.74) is 2.61. The van der Waals surface area contributed by atoms with Gasteiger partial charge in [0.05, 0.1) is 35.2 Å². The number of amides is 1. The summed E-state index contributed by atoms with van der Waals surface area (Å²) in [6.45, 7) is 4.49. The van der Waals surface area contributed by atoms with Gasteiger partial charge in [-0.05, 0) is 45.7 Å². The Morgan fingerprint density at radius 3 is 2.97 bits per heavy atom. The molecule has 176 valence electrons. The Bertz CT molecular complexity index is 1120. The first-order valence-corrected chi connectivity index (χ1v) is 11.6. The average Bonchev–Trinajstić information content (AvgIpc) is 3.46. The van der Waals surface area contributed by atoms with E-state index in [-0.39, 0.29) is 29.6 Å². The number of imidazole rings is 1. The molecule has 4 N–H and O–H groups in total. The summed E-state index contributed by atoms with van der Waals surface area (Å²) in [6, 6.07) is 3.03. The maximum atomic E-state index is 14.3. The molecule has 33 heavy (non-hydrogen) atoms. The van der Waals surface area contributed by atoms with Crippen LogP contribution >= 0.6 is 0 Å². The summed E-state index contributed by atoms with van der Waals surface area (Å²) in [5.74, 6) is 0.382. The molecule has 2 fully saturated rings. The molecule has 2 aliphatic heterocycles. The number of halogens is 1. The van der Waals surface area contributed by atoms with Crippen LogP contribution in [0.3, 0.4) is 0 Å². The van der Waals surface area contributed by atoms with Crippen molar-refractivity contribution in [1.82, 2.24) is 25.5 Å². The lowest BCUT2D eigenvalue weighted by Crippen LogP contribution is -2.35. The molecule has 1 amide bonds. The van der Waals surface area contributed by atoms with Crippen LogP contribution in [0.1, 0.15) is 56.1 Å². The zero-order valence-corrected chi connectivity index (χ0v) is 18.6. The van der Waals surface area contributed by atoms with E-state index in [1.807, 2.05) is 6.92 Å². The topological polar surface area (TPSA) is 117 Å². The lowest BCUT2D eigenvalue weighted by atomic mass is 9.91. The molecule has 4 heterocycles. The number of hydrogen-bond acceptors (Lipinski definition) is 6. The van der Waals surface area contributed by atoms with Crippen LogP contribution in [0.25, 0.3) is 11.0 Å². The van der Waals surface area contributed by atoms with Crippen molar-refractivity contribution < 1.29 is 18.7 Å². The van der Waals surface area contributed by atoms with Gasteiger partial charge in [-0.2, -0.15) is 5.10 Å². The maximum Gasteiger partial charge on any atom is 0.227 e. The maximum absolute atomic E-state index is 14.3. The van der Waals surface area contributed by atoms with Gasteiger partial charge in [-0.1, -0.05) is 0 Å². The zero-order valence-electron chi connectivity index (χ0n) is 18.6. The molecule has 1 aromatic carbocycles. The van der Waals surface area contributed by atoms with E-state index < -0.39 is 5.82 Å². The normalized spacial score (nSPS) is 21.9. The number of carbonyl (C=O) groups is 1. The van der Waals surface area contributed by atoms with Crippen LogP contribution < -0.4 is 15.4 Å². The molecule has 0 radical (unpaired) electrons. The molecular weight excluding hydrogens is 427 g/mol. The second-order valence-corrected chi connectivity index (χ2v) is 8.61. The number of benzene rings is 1. The fourth-order valence-corrected chi connectivity index (χ4v) is 4.75. The van der Waals surface area contributed by atoms with Crippen molar-refractivity contribution in [3.05, 3.63) is 35.7 Å². The second-order valence-electron chi connectivity index (χ2n) is 8.61. The minimum atomic E-state index is -0.424. The number of hydrogen-bond donors (Lipinski definition) is 4. The van der Waals surface area contributed by atoms with Gasteiger partial charge in [0.15, 0.2) is 11.6 Å². The molecule has 2 unspecified atom stereocenters. The monoisotopic (exact) mass is 456 g/mol. The summed E-state index contributed by atoms with van der Waals surface area (Å²) >= 11 is 0. The highest BCUT2D eigenvalue weighted by atomic mass is 19.1. The highest BCUT2D eigenvalue weighted by molar-refractivity contribution is 5.93. The van der Waals surface area contributed by atoms with Crippen LogP contribution in [0.4, 0.5) is 10.1 Å². The highest BCUT2D eigenvalue weighted by Gasteiger charge is 2.35. The number of nitrogens with zero attached hydrogens (tertiary/aromatic N) is 2. The molecule has 3 aromatic rings. The van der Waals surface area contributed by atoms with E-state index >= 15 is 0 Å². The third-order valence-electron chi connectivity index (χ3n) is 6.45. The van der Waals surface area contributed by atoms with Crippen molar-refractivity contribution in [2.45, 2.75) is 44.6 Å². The number of ether oxygens (including phenoxy) is 2. The van der Waals surface area contributed by atoms with Gasteiger partial charge < -0.3 is 25.1 Å². The van der Waals surface area contributed by atoms with Crippen molar-refractivity contribution in [2.24, 2.45) is 5.92 Å². The molecular formula is C23H29FN6O3. The van der Waals surface area contributed by atoms with Crippen LogP contribution in [-0.4, -0.2) is 52.4 Å². The molecule has 2 aromatic heterocycles. The number of carbonyl (C=O) groups excluding carboxylic acids is 1. The number of nitrogens with one attached hydrogen (secondary N) is 4. The van der Waals surface area contributed by atoms with E-state index in [0.717, 1.165) is 44.5 Å². The predicted molar refractivity (Wildman–Crippen MR) is 121 cm³/mol. The fraction of sp³-hybridized carbons (Fsp3) is 0.522. The lowest BCUT2D eigenvalue weighted by Gasteiger charge is -2.30. The van der Waals surface area contributed by atoms with Crippen molar-refractivity contribution in [1.29, 1.82) is 0 Å². The van der Waals surface area contributed by atoms with E-state index in [2.05, 4.69) is 25.8 Å². The van der Waals surface area contributed by atoms with Crippen LogP contribution in [0.5, 0.6) is 5.75 Å². The Morgan fingerprint density at radius 1 is 1.30 bits per heavy atom. The molecule has 0 spiro atoms. The van der Waals surface area contributed by atoms with E-state index in [1.54, 1.807) is 12.3 Å². The number of anilines is 1. The van der Waals surface area contributed by atoms with E-state index in [0.29, 0.717) is 35.8 Å². The third-order valence-corrected chi connectivity index (χ3v) is 6.45. The molecule has 5 rings (SSSR count). The Hall–Kier alpha value is -2.98. The SMILES string of the molecule is CCOc1cc2nc(C3CCCOC3c3[nH]ncc3NC(=O)C3CCNCC3)[nH]c2cc1F. The van der Waals surface area contributed by atoms with Gasteiger partial charge in [-0.25, -0.2) is 9.37 Å². The van der Waals surface area contributed by atoms with Gasteiger partial charge in [0.2, 0.25) is 5.91 Å². The standard InChI is InChI=1S/C23H29FN6O3/c1-2-32-19-11-17-16(10-15(19)24)27-22(28-17)14-4-3-9-33-21(14)20-18(12-26-30-20)29-23(31)13-5-7-25-8-6-13/h10-14,21,25H,2-9H2,1H3,(H,26,30)(H,27,28)(H,29,31). The molecule has 2 atom stereocenters. The molecule has 0 bridgehead atoms. The Labute approximate surface area is 190 Å². The van der Waals surface area contributed by atoms with Gasteiger partial charge in [0.25, 0.3) is 0 Å². The zero-order chi connectivity index (χ0) is 22.8. The minimum absolute atomic E-state index is 0.00850. The Morgan fingerprint density at radius 2 is 2.15 bits per heavy atom. The summed E-state index contributed by atoms with van der Waals surface area (Å²) in [7, 11) is 0. The number of rotatable bonds is 6. The lowest BCUT2D eigenvalue weighted by molar-refractivity contribution is -0.120. The highest BCUT2D eigenvalue weighted by Crippen LogP contribution is 2.42. The summed E-state index contributed by atoms with van der Waals surface area (Å²) in [4.78, 5) is 20.8. The van der Waals surface area contributed by atoms with Crippen LogP contribution in [0, 0.1) is 11.7 Å². The van der Waals surface area contributed by atoms with Crippen molar-refractivity contribution in [3.63, 3.8) is 0 Å². The first-order chi connectivity index (χ1) is 16.1. The van der Waals surface area contributed by atoms with Crippen LogP contribution in [-0.2, 0) is 9.53 Å². The van der Waals surface area contributed by atoms with Crippen LogP contribution in [0.2, 0.25) is 0 Å². The number of H-pyrrole nitrogens is 2. The van der Waals surface area contributed by atoms with Crippen molar-refractivity contribution >= 4 is 22.6 Å². The van der Waals surface area contributed by atoms with Gasteiger partial charge >= 0.3 is 0 Å². The van der Waals surface area contributed by atoms with Crippen molar-refractivity contribution in [3.8, 4) is 5.75 Å². The van der Waals surface area contributed by atoms with Gasteiger partial charge in [-0.3, -0.25) is 9.89 Å². The number of piperidine rings is 1. The number of aromatic nitrogens is 4. The van der Waals surface area contributed by atoms with E-state index in [1.165, 1.54) is 6.07 Å². The molecule has 10 heteroatoms. The molecule has 2 saturated heterocycles. The van der Waals surface area contributed by atoms with Crippen LogP contribution in [0.15, 0.2) is 18.3 Å². The Kier molecular flexibility index (Phi) is 6.28. The minimum Gasteiger partial charge on any atom is -0.491 e. The second kappa shape index (κ2) is 9.48. The fourth-order valence-electron chi connectivity index (χ4n) is 4.75. The van der Waals surface area contributed by atoms with Gasteiger partial charge in [0, 0.05) is 30.6 Å². The first-order valence-electron chi connectivity index (χ1n) is 11.6. The average molecular weight is 457 g/mol. The number of fused-ring (bicyclic) bond motifs is 1. The van der Waals surface area contributed by atoms with Crippen molar-refractivity contribution in [2.75, 3.05) is 31.6 Å². The summed E-state index contributed by atoms with van der Waals surface area (Å²) < 4.78 is 25.9.